The first kappa shape index (κ1) is 32.0. The smallest absolute Gasteiger partial charge is 0.493 e. The summed E-state index contributed by atoms with van der Waals surface area (Å²) >= 11 is 0. The highest BCUT2D eigenvalue weighted by molar-refractivity contribution is 5.92. The van der Waals surface area contributed by atoms with Crippen LogP contribution in [-0.2, 0) is 16.2 Å². The number of hydrogen-bond donors (Lipinski definition) is 0. The van der Waals surface area contributed by atoms with Gasteiger partial charge in [-0.05, 0) is 67.6 Å². The van der Waals surface area contributed by atoms with Crippen LogP contribution in [0.3, 0.4) is 0 Å². The molecule has 9 nitrogen and oxygen atoms in total. The van der Waals surface area contributed by atoms with E-state index < -0.39 is 6.36 Å². The van der Waals surface area contributed by atoms with E-state index in [-0.39, 0.29) is 29.0 Å². The van der Waals surface area contributed by atoms with Crippen LogP contribution in [0.5, 0.6) is 17.2 Å². The fourth-order valence-electron chi connectivity index (χ4n) is 5.79. The molecule has 234 valence electrons. The van der Waals surface area contributed by atoms with Crippen LogP contribution >= 0.6 is 0 Å². The van der Waals surface area contributed by atoms with Gasteiger partial charge in [0.1, 0.15) is 37.4 Å². The van der Waals surface area contributed by atoms with Crippen molar-refractivity contribution in [3.05, 3.63) is 53.1 Å². The Labute approximate surface area is 250 Å². The lowest BCUT2D eigenvalue weighted by atomic mass is 9.65. The first-order valence-electron chi connectivity index (χ1n) is 14.2. The van der Waals surface area contributed by atoms with Crippen molar-refractivity contribution in [2.75, 3.05) is 26.9 Å². The Bertz CT molecular complexity index is 1320. The number of hydrazone groups is 1. The molecule has 0 aromatic heterocycles. The molecular formula is C31H39F3N4O5. The number of nitrogens with zero attached hydrogens (tertiary/aromatic N) is 4. The molecule has 1 aliphatic carbocycles. The molecule has 2 aliphatic rings. The Kier molecular flexibility index (Phi) is 9.76. The Balaban J connectivity index is 1.42. The molecule has 4 rings (SSSR count). The Morgan fingerprint density at radius 2 is 1.77 bits per heavy atom. The maximum atomic E-state index is 12.5. The Hall–Kier alpha value is -3.96. The summed E-state index contributed by atoms with van der Waals surface area (Å²) in [5.41, 5.74) is 3.62. The molecule has 0 saturated heterocycles. The summed E-state index contributed by atoms with van der Waals surface area (Å²) in [5, 5.41) is 11.1. The van der Waals surface area contributed by atoms with E-state index in [1.807, 2.05) is 37.3 Å². The van der Waals surface area contributed by atoms with Gasteiger partial charge in [0, 0.05) is 37.3 Å². The van der Waals surface area contributed by atoms with E-state index in [2.05, 4.69) is 33.7 Å². The van der Waals surface area contributed by atoms with E-state index in [0.717, 1.165) is 35.2 Å². The summed E-state index contributed by atoms with van der Waals surface area (Å²) in [5.74, 6) is 0.461. The molecule has 2 aromatic rings. The van der Waals surface area contributed by atoms with E-state index in [0.29, 0.717) is 37.9 Å². The average molecular weight is 605 g/mol. The Morgan fingerprint density at radius 3 is 2.37 bits per heavy atom. The lowest BCUT2D eigenvalue weighted by Crippen LogP contribution is -2.47. The number of carbonyl (C=O) groups excluding carboxylic acids is 1. The van der Waals surface area contributed by atoms with Crippen molar-refractivity contribution in [1.29, 1.82) is 0 Å². The number of esters is 1. The van der Waals surface area contributed by atoms with Crippen molar-refractivity contribution in [3.63, 3.8) is 0 Å². The number of halogens is 3. The van der Waals surface area contributed by atoms with E-state index in [9.17, 15) is 18.0 Å². The number of carbonyl (C=O) groups is 1. The normalized spacial score (nSPS) is 20.8. The predicted molar refractivity (Wildman–Crippen MR) is 156 cm³/mol. The standard InChI is InChI=1S/C31H39F3N4O5/c1-20-13-23(14-21(2)28(20)42-22(3)39)15-37-18-35-38(19-37)16-27-24(11-12-30(4,5)29(27)36-40-6)17-41-25-7-9-26(10-8-25)43-31(32,33)34/h7-10,13-14,18,24,27H,11-12,15-17,19H2,1-6H3/t24-,27-/m0/s1. The molecule has 1 aliphatic heterocycles. The third-order valence-corrected chi connectivity index (χ3v) is 7.75. The number of ether oxygens (including phenoxy) is 3. The summed E-state index contributed by atoms with van der Waals surface area (Å²) in [6, 6.07) is 9.45. The summed E-state index contributed by atoms with van der Waals surface area (Å²) in [6.07, 6.45) is -1.16. The van der Waals surface area contributed by atoms with E-state index in [1.165, 1.54) is 38.3 Å². The predicted octanol–water partition coefficient (Wildman–Crippen LogP) is 6.28. The van der Waals surface area contributed by atoms with Crippen molar-refractivity contribution in [2.45, 2.75) is 60.4 Å². The summed E-state index contributed by atoms with van der Waals surface area (Å²) in [4.78, 5) is 18.8. The van der Waals surface area contributed by atoms with Gasteiger partial charge < -0.3 is 23.9 Å². The topological polar surface area (TPSA) is 85.2 Å². The van der Waals surface area contributed by atoms with Gasteiger partial charge >= 0.3 is 12.3 Å². The van der Waals surface area contributed by atoms with Crippen molar-refractivity contribution in [1.82, 2.24) is 9.91 Å². The zero-order chi connectivity index (χ0) is 31.4. The van der Waals surface area contributed by atoms with Crippen molar-refractivity contribution in [2.24, 2.45) is 27.5 Å². The second-order valence-corrected chi connectivity index (χ2v) is 11.7. The number of alkyl halides is 3. The monoisotopic (exact) mass is 604 g/mol. The molecule has 2 aromatic carbocycles. The van der Waals surface area contributed by atoms with Crippen molar-refractivity contribution in [3.8, 4) is 17.2 Å². The minimum atomic E-state index is -4.75. The average Bonchev–Trinajstić information content (AvgIpc) is 3.34. The molecule has 1 heterocycles. The zero-order valence-corrected chi connectivity index (χ0v) is 25.4. The third kappa shape index (κ3) is 8.55. The van der Waals surface area contributed by atoms with Crippen LogP contribution in [0, 0.1) is 31.1 Å². The largest absolute Gasteiger partial charge is 0.573 e. The molecular weight excluding hydrogens is 565 g/mol. The van der Waals surface area contributed by atoms with Gasteiger partial charge in [-0.15, -0.1) is 13.2 Å². The fraction of sp³-hybridized carbons (Fsp3) is 0.516. The van der Waals surface area contributed by atoms with Crippen molar-refractivity contribution < 1.29 is 37.0 Å². The van der Waals surface area contributed by atoms with E-state index in [4.69, 9.17) is 14.3 Å². The van der Waals surface area contributed by atoms with Gasteiger partial charge in [0.05, 0.1) is 12.3 Å². The minimum absolute atomic E-state index is 0.0267. The van der Waals surface area contributed by atoms with Gasteiger partial charge in [-0.25, -0.2) is 0 Å². The van der Waals surface area contributed by atoms with E-state index in [1.54, 1.807) is 0 Å². The third-order valence-electron chi connectivity index (χ3n) is 7.75. The molecule has 0 bridgehead atoms. The molecule has 0 spiro atoms. The van der Waals surface area contributed by atoms with Gasteiger partial charge in [0.2, 0.25) is 0 Å². The van der Waals surface area contributed by atoms with Crippen LogP contribution in [0.4, 0.5) is 13.2 Å². The van der Waals surface area contributed by atoms with Gasteiger partial charge in [0.15, 0.2) is 0 Å². The van der Waals surface area contributed by atoms with Crippen LogP contribution in [0.15, 0.2) is 46.7 Å². The molecule has 0 radical (unpaired) electrons. The van der Waals surface area contributed by atoms with Gasteiger partial charge in [0.25, 0.3) is 0 Å². The highest BCUT2D eigenvalue weighted by atomic mass is 19.4. The summed E-state index contributed by atoms with van der Waals surface area (Å²) < 4.78 is 52.9. The first-order chi connectivity index (χ1) is 20.2. The van der Waals surface area contributed by atoms with Gasteiger partial charge in [-0.2, -0.15) is 5.10 Å². The quantitative estimate of drug-likeness (QED) is 0.179. The fourth-order valence-corrected chi connectivity index (χ4v) is 5.79. The van der Waals surface area contributed by atoms with Crippen LogP contribution in [0.2, 0.25) is 0 Å². The second-order valence-electron chi connectivity index (χ2n) is 11.7. The lowest BCUT2D eigenvalue weighted by Gasteiger charge is -2.42. The number of rotatable bonds is 10. The molecule has 43 heavy (non-hydrogen) atoms. The van der Waals surface area contributed by atoms with Gasteiger partial charge in [-0.3, -0.25) is 9.80 Å². The van der Waals surface area contributed by atoms with Gasteiger partial charge in [-0.1, -0.05) is 31.1 Å². The van der Waals surface area contributed by atoms with E-state index >= 15 is 0 Å². The molecule has 12 heteroatoms. The molecule has 1 saturated carbocycles. The Morgan fingerprint density at radius 1 is 1.12 bits per heavy atom. The number of oxime groups is 1. The molecule has 0 N–H and O–H groups in total. The van der Waals surface area contributed by atoms with Crippen LogP contribution < -0.4 is 14.2 Å². The SMILES string of the molecule is CON=C1[C@@H](CN2CN(Cc3cc(C)c(OC(C)=O)c(C)c3)C=N2)[C@H](COc2ccc(OC(F)(F)F)cc2)CCC1(C)C. The molecule has 0 unspecified atom stereocenters. The molecule has 0 amide bonds. The first-order valence-corrected chi connectivity index (χ1v) is 14.2. The maximum Gasteiger partial charge on any atom is 0.573 e. The highest BCUT2D eigenvalue weighted by Crippen LogP contribution is 2.41. The number of hydrogen-bond acceptors (Lipinski definition) is 9. The maximum absolute atomic E-state index is 12.5. The summed E-state index contributed by atoms with van der Waals surface area (Å²) in [7, 11) is 1.54. The minimum Gasteiger partial charge on any atom is -0.493 e. The number of aryl methyl sites for hydroxylation is 2. The lowest BCUT2D eigenvalue weighted by molar-refractivity contribution is -0.274. The van der Waals surface area contributed by atoms with Crippen LogP contribution in [0.1, 0.15) is 50.3 Å². The second kappa shape index (κ2) is 13.1. The van der Waals surface area contributed by atoms with Crippen LogP contribution in [0.25, 0.3) is 0 Å². The zero-order valence-electron chi connectivity index (χ0n) is 25.4. The molecule has 1 fully saturated rings. The number of benzene rings is 2. The highest BCUT2D eigenvalue weighted by Gasteiger charge is 2.43. The van der Waals surface area contributed by atoms with Crippen LogP contribution in [-0.4, -0.2) is 61.2 Å². The summed E-state index contributed by atoms with van der Waals surface area (Å²) in [6.45, 7) is 11.7. The van der Waals surface area contributed by atoms with Crippen molar-refractivity contribution >= 4 is 18.0 Å². The molecule has 2 atom stereocenters.